The van der Waals surface area contributed by atoms with Gasteiger partial charge in [-0.2, -0.15) is 0 Å². The van der Waals surface area contributed by atoms with E-state index in [4.69, 9.17) is 0 Å². The predicted molar refractivity (Wildman–Crippen MR) is 61.9 cm³/mol. The minimum Gasteiger partial charge on any atom is -0.291 e. The third-order valence-electron chi connectivity index (χ3n) is 2.20. The Balaban J connectivity index is 2.57. The summed E-state index contributed by atoms with van der Waals surface area (Å²) in [5.41, 5.74) is 1.20. The highest BCUT2D eigenvalue weighted by Crippen LogP contribution is 2.15. The van der Waals surface area contributed by atoms with Gasteiger partial charge in [-0.25, -0.2) is 0 Å². The van der Waals surface area contributed by atoms with Gasteiger partial charge in [-0.1, -0.05) is 41.4 Å². The Morgan fingerprint density at radius 2 is 2.00 bits per heavy atom. The van der Waals surface area contributed by atoms with Gasteiger partial charge < -0.3 is 0 Å². The van der Waals surface area contributed by atoms with E-state index in [0.29, 0.717) is 0 Å². The number of halogens is 1. The summed E-state index contributed by atoms with van der Waals surface area (Å²) < 4.78 is 1.07. The van der Waals surface area contributed by atoms with Crippen molar-refractivity contribution in [1.82, 2.24) is 0 Å². The average molecular weight is 254 g/mol. The predicted octanol–water partition coefficient (Wildman–Crippen LogP) is 3.52. The molecule has 0 heterocycles. The Bertz CT molecular complexity index is 279. The first-order valence-electron chi connectivity index (χ1n) is 4.88. The second kappa shape index (κ2) is 5.97. The van der Waals surface area contributed by atoms with Crippen LogP contribution in [0.2, 0.25) is 0 Å². The van der Waals surface area contributed by atoms with Gasteiger partial charge in [0.1, 0.15) is 0 Å². The lowest BCUT2D eigenvalue weighted by atomic mass is 9.97. The number of rotatable bonds is 5. The molecule has 0 saturated carbocycles. The SMILES string of the molecule is CCC[C@H]([C]=O)Cc1ccc(Br)cc1. The van der Waals surface area contributed by atoms with Crippen LogP contribution in [0.5, 0.6) is 0 Å². The van der Waals surface area contributed by atoms with Gasteiger partial charge in [0.2, 0.25) is 6.29 Å². The molecule has 0 bridgehead atoms. The molecular formula is C12H14BrO. The van der Waals surface area contributed by atoms with Gasteiger partial charge in [-0.05, 0) is 30.5 Å². The van der Waals surface area contributed by atoms with Crippen molar-refractivity contribution in [2.45, 2.75) is 26.2 Å². The Labute approximate surface area is 93.7 Å². The monoisotopic (exact) mass is 253 g/mol. The molecule has 1 atom stereocenters. The van der Waals surface area contributed by atoms with E-state index in [0.717, 1.165) is 23.7 Å². The zero-order chi connectivity index (χ0) is 10.4. The van der Waals surface area contributed by atoms with Gasteiger partial charge in [0.25, 0.3) is 0 Å². The quantitative estimate of drug-likeness (QED) is 0.785. The molecule has 1 aromatic carbocycles. The molecule has 14 heavy (non-hydrogen) atoms. The molecule has 0 aliphatic rings. The maximum atomic E-state index is 10.6. The van der Waals surface area contributed by atoms with Crippen LogP contribution in [0.3, 0.4) is 0 Å². The Morgan fingerprint density at radius 1 is 1.36 bits per heavy atom. The lowest BCUT2D eigenvalue weighted by molar-refractivity contribution is 0.501. The Hall–Kier alpha value is -0.630. The van der Waals surface area contributed by atoms with E-state index in [9.17, 15) is 4.79 Å². The van der Waals surface area contributed by atoms with Gasteiger partial charge in [0.05, 0.1) is 0 Å². The van der Waals surface area contributed by atoms with Gasteiger partial charge in [0.15, 0.2) is 0 Å². The van der Waals surface area contributed by atoms with E-state index in [1.165, 1.54) is 5.56 Å². The lowest BCUT2D eigenvalue weighted by Gasteiger charge is -2.07. The summed E-state index contributed by atoms with van der Waals surface area (Å²) in [5, 5.41) is 0. The van der Waals surface area contributed by atoms with E-state index in [-0.39, 0.29) is 5.92 Å². The van der Waals surface area contributed by atoms with E-state index >= 15 is 0 Å². The fraction of sp³-hybridized carbons (Fsp3) is 0.417. The molecule has 75 valence electrons. The molecule has 1 aromatic rings. The number of hydrogen-bond donors (Lipinski definition) is 0. The highest BCUT2D eigenvalue weighted by molar-refractivity contribution is 9.10. The fourth-order valence-electron chi connectivity index (χ4n) is 1.46. The van der Waals surface area contributed by atoms with Gasteiger partial charge in [0, 0.05) is 10.4 Å². The molecule has 1 radical (unpaired) electrons. The van der Waals surface area contributed by atoms with Crippen molar-refractivity contribution < 1.29 is 4.79 Å². The molecule has 0 amide bonds. The molecule has 0 saturated heterocycles. The van der Waals surface area contributed by atoms with Crippen LogP contribution < -0.4 is 0 Å². The third-order valence-corrected chi connectivity index (χ3v) is 2.73. The molecule has 0 fully saturated rings. The van der Waals surface area contributed by atoms with Crippen molar-refractivity contribution in [2.24, 2.45) is 5.92 Å². The second-order valence-electron chi connectivity index (χ2n) is 3.43. The Kier molecular flexibility index (Phi) is 4.88. The summed E-state index contributed by atoms with van der Waals surface area (Å²) in [4.78, 5) is 10.6. The normalized spacial score (nSPS) is 12.4. The molecule has 2 heteroatoms. The first-order chi connectivity index (χ1) is 6.76. The van der Waals surface area contributed by atoms with Crippen LogP contribution in [0.4, 0.5) is 0 Å². The van der Waals surface area contributed by atoms with Crippen LogP contribution in [-0.2, 0) is 11.2 Å². The maximum Gasteiger partial charge on any atom is 0.202 e. The first-order valence-corrected chi connectivity index (χ1v) is 5.67. The smallest absolute Gasteiger partial charge is 0.202 e. The van der Waals surface area contributed by atoms with Crippen LogP contribution >= 0.6 is 15.9 Å². The molecule has 0 unspecified atom stereocenters. The fourth-order valence-corrected chi connectivity index (χ4v) is 1.72. The van der Waals surface area contributed by atoms with E-state index in [1.54, 1.807) is 0 Å². The van der Waals surface area contributed by atoms with Crippen LogP contribution in [-0.4, -0.2) is 6.29 Å². The van der Waals surface area contributed by atoms with Crippen LogP contribution in [0.25, 0.3) is 0 Å². The van der Waals surface area contributed by atoms with E-state index in [2.05, 4.69) is 29.1 Å². The van der Waals surface area contributed by atoms with Crippen molar-refractivity contribution in [2.75, 3.05) is 0 Å². The molecule has 1 nitrogen and oxygen atoms in total. The van der Waals surface area contributed by atoms with Crippen molar-refractivity contribution in [3.8, 4) is 0 Å². The second-order valence-corrected chi connectivity index (χ2v) is 4.35. The summed E-state index contributed by atoms with van der Waals surface area (Å²) >= 11 is 3.38. The molecule has 0 aliphatic carbocycles. The van der Waals surface area contributed by atoms with Gasteiger partial charge in [-0.3, -0.25) is 4.79 Å². The first kappa shape index (κ1) is 11.4. The van der Waals surface area contributed by atoms with Crippen molar-refractivity contribution in [1.29, 1.82) is 0 Å². The number of carbonyl (C=O) groups excluding carboxylic acids is 1. The van der Waals surface area contributed by atoms with Crippen molar-refractivity contribution in [3.05, 3.63) is 34.3 Å². The Morgan fingerprint density at radius 3 is 2.50 bits per heavy atom. The largest absolute Gasteiger partial charge is 0.291 e. The summed E-state index contributed by atoms with van der Waals surface area (Å²) in [7, 11) is 0. The molecule has 0 spiro atoms. The topological polar surface area (TPSA) is 17.1 Å². The van der Waals surface area contributed by atoms with Gasteiger partial charge in [-0.15, -0.1) is 0 Å². The van der Waals surface area contributed by atoms with Crippen molar-refractivity contribution in [3.63, 3.8) is 0 Å². The summed E-state index contributed by atoms with van der Waals surface area (Å²) in [5.74, 6) is 0.0566. The van der Waals surface area contributed by atoms with Crippen LogP contribution in [0, 0.1) is 5.92 Å². The zero-order valence-corrected chi connectivity index (χ0v) is 9.88. The summed E-state index contributed by atoms with van der Waals surface area (Å²) in [6.07, 6.45) is 4.88. The number of benzene rings is 1. The molecule has 0 N–H and O–H groups in total. The van der Waals surface area contributed by atoms with E-state index < -0.39 is 0 Å². The van der Waals surface area contributed by atoms with Crippen molar-refractivity contribution >= 4 is 22.2 Å². The highest BCUT2D eigenvalue weighted by Gasteiger charge is 2.07. The van der Waals surface area contributed by atoms with Crippen LogP contribution in [0.1, 0.15) is 25.3 Å². The number of hydrogen-bond acceptors (Lipinski definition) is 1. The average Bonchev–Trinajstić information content (AvgIpc) is 2.20. The van der Waals surface area contributed by atoms with Crippen LogP contribution in [0.15, 0.2) is 28.7 Å². The molecule has 0 aromatic heterocycles. The zero-order valence-electron chi connectivity index (χ0n) is 8.29. The third kappa shape index (κ3) is 3.62. The highest BCUT2D eigenvalue weighted by atomic mass is 79.9. The lowest BCUT2D eigenvalue weighted by Crippen LogP contribution is -2.05. The minimum atomic E-state index is 0.0566. The molecule has 1 rings (SSSR count). The minimum absolute atomic E-state index is 0.0566. The summed E-state index contributed by atoms with van der Waals surface area (Å²) in [6, 6.07) is 8.10. The molecular weight excluding hydrogens is 240 g/mol. The van der Waals surface area contributed by atoms with E-state index in [1.807, 2.05) is 24.3 Å². The molecule has 0 aliphatic heterocycles. The summed E-state index contributed by atoms with van der Waals surface area (Å²) in [6.45, 7) is 2.09. The van der Waals surface area contributed by atoms with Gasteiger partial charge >= 0.3 is 0 Å². The standard InChI is InChI=1S/C12H14BrO/c1-2-3-11(9-14)8-10-4-6-12(13)7-5-10/h4-7,11H,2-3,8H2,1H3/t11-/m0/s1. The maximum absolute atomic E-state index is 10.6.